The number of benzene rings is 1. The molecule has 1 amide bonds. The molecule has 3 nitrogen and oxygen atoms in total. The highest BCUT2D eigenvalue weighted by molar-refractivity contribution is 7.98. The van der Waals surface area contributed by atoms with Crippen molar-refractivity contribution in [3.8, 4) is 0 Å². The van der Waals surface area contributed by atoms with Crippen LogP contribution >= 0.6 is 11.8 Å². The molecule has 0 unspecified atom stereocenters. The van der Waals surface area contributed by atoms with E-state index in [9.17, 15) is 4.79 Å². The van der Waals surface area contributed by atoms with Crippen LogP contribution in [0.5, 0.6) is 0 Å². The van der Waals surface area contributed by atoms with Crippen molar-refractivity contribution >= 4 is 17.7 Å². The van der Waals surface area contributed by atoms with E-state index in [2.05, 4.69) is 41.4 Å². The van der Waals surface area contributed by atoms with Gasteiger partial charge in [0.25, 0.3) is 0 Å². The van der Waals surface area contributed by atoms with Gasteiger partial charge >= 0.3 is 0 Å². The molecule has 0 aliphatic carbocycles. The van der Waals surface area contributed by atoms with E-state index in [1.807, 2.05) is 20.4 Å². The SMILES string of the molecule is CSCCC(=O)NC[C@H](c1ccc(C)cc1)N(C)C. The Morgan fingerprint density at radius 1 is 1.32 bits per heavy atom. The predicted octanol–water partition coefficient (Wildman–Crippen LogP) is 2.47. The monoisotopic (exact) mass is 280 g/mol. The fourth-order valence-corrected chi connectivity index (χ4v) is 2.27. The van der Waals surface area contributed by atoms with E-state index in [0.29, 0.717) is 13.0 Å². The highest BCUT2D eigenvalue weighted by atomic mass is 32.2. The number of hydrogen-bond donors (Lipinski definition) is 1. The summed E-state index contributed by atoms with van der Waals surface area (Å²) in [5, 5.41) is 3.02. The molecule has 19 heavy (non-hydrogen) atoms. The van der Waals surface area contributed by atoms with E-state index in [4.69, 9.17) is 0 Å². The third-order valence-electron chi connectivity index (χ3n) is 3.11. The van der Waals surface area contributed by atoms with Crippen LogP contribution in [0.4, 0.5) is 0 Å². The van der Waals surface area contributed by atoms with Crippen molar-refractivity contribution in [2.24, 2.45) is 0 Å². The highest BCUT2D eigenvalue weighted by Crippen LogP contribution is 2.17. The normalized spacial score (nSPS) is 12.5. The third kappa shape index (κ3) is 5.66. The third-order valence-corrected chi connectivity index (χ3v) is 3.72. The Labute approximate surface area is 120 Å². The quantitative estimate of drug-likeness (QED) is 0.833. The van der Waals surface area contributed by atoms with E-state index in [-0.39, 0.29) is 11.9 Å². The molecule has 1 aromatic rings. The van der Waals surface area contributed by atoms with Crippen molar-refractivity contribution in [1.82, 2.24) is 10.2 Å². The first-order valence-corrected chi connectivity index (χ1v) is 7.92. The van der Waals surface area contributed by atoms with Crippen LogP contribution in [0.3, 0.4) is 0 Å². The summed E-state index contributed by atoms with van der Waals surface area (Å²) < 4.78 is 0. The van der Waals surface area contributed by atoms with Crippen molar-refractivity contribution < 1.29 is 4.79 Å². The van der Waals surface area contributed by atoms with E-state index < -0.39 is 0 Å². The molecule has 0 bridgehead atoms. The molecule has 1 aromatic carbocycles. The molecule has 4 heteroatoms. The lowest BCUT2D eigenvalue weighted by atomic mass is 10.0. The van der Waals surface area contributed by atoms with Gasteiger partial charge in [0, 0.05) is 18.7 Å². The van der Waals surface area contributed by atoms with Gasteiger partial charge in [-0.05, 0) is 32.8 Å². The fourth-order valence-electron chi connectivity index (χ4n) is 1.88. The van der Waals surface area contributed by atoms with Gasteiger partial charge in [0.15, 0.2) is 0 Å². The minimum atomic E-state index is 0.133. The summed E-state index contributed by atoms with van der Waals surface area (Å²) in [4.78, 5) is 13.8. The van der Waals surface area contributed by atoms with Gasteiger partial charge in [-0.25, -0.2) is 0 Å². The summed E-state index contributed by atoms with van der Waals surface area (Å²) >= 11 is 1.70. The summed E-state index contributed by atoms with van der Waals surface area (Å²) in [6, 6.07) is 8.71. The number of amides is 1. The second-order valence-electron chi connectivity index (χ2n) is 4.94. The molecule has 1 atom stereocenters. The number of rotatable bonds is 7. The van der Waals surface area contributed by atoms with Crippen LogP contribution in [0.2, 0.25) is 0 Å². The van der Waals surface area contributed by atoms with Gasteiger partial charge in [-0.2, -0.15) is 11.8 Å². The number of aryl methyl sites for hydroxylation is 1. The van der Waals surface area contributed by atoms with E-state index in [1.165, 1.54) is 11.1 Å². The van der Waals surface area contributed by atoms with Gasteiger partial charge in [-0.15, -0.1) is 0 Å². The van der Waals surface area contributed by atoms with Gasteiger partial charge in [0.2, 0.25) is 5.91 Å². The largest absolute Gasteiger partial charge is 0.354 e. The second-order valence-corrected chi connectivity index (χ2v) is 5.92. The Hall–Kier alpha value is -1.00. The van der Waals surface area contributed by atoms with Gasteiger partial charge < -0.3 is 10.2 Å². The molecule has 0 spiro atoms. The number of nitrogens with zero attached hydrogens (tertiary/aromatic N) is 1. The summed E-state index contributed by atoms with van der Waals surface area (Å²) in [5.74, 6) is 1.01. The number of nitrogens with one attached hydrogen (secondary N) is 1. The predicted molar refractivity (Wildman–Crippen MR) is 83.6 cm³/mol. The number of hydrogen-bond acceptors (Lipinski definition) is 3. The molecule has 0 aliphatic rings. The standard InChI is InChI=1S/C15H24N2OS/c1-12-5-7-13(8-6-12)14(17(2)3)11-16-15(18)9-10-19-4/h5-8,14H,9-11H2,1-4H3,(H,16,18)/t14-/m1/s1. The van der Waals surface area contributed by atoms with Crippen LogP contribution in [0.25, 0.3) is 0 Å². The maximum absolute atomic E-state index is 11.7. The Morgan fingerprint density at radius 3 is 2.47 bits per heavy atom. The van der Waals surface area contributed by atoms with Gasteiger partial charge in [-0.1, -0.05) is 29.8 Å². The Kier molecular flexibility index (Phi) is 6.95. The first-order valence-electron chi connectivity index (χ1n) is 6.53. The van der Waals surface area contributed by atoms with Crippen molar-refractivity contribution in [3.63, 3.8) is 0 Å². The lowest BCUT2D eigenvalue weighted by Gasteiger charge is -2.25. The van der Waals surface area contributed by atoms with Crippen LogP contribution in [-0.2, 0) is 4.79 Å². The minimum Gasteiger partial charge on any atom is -0.354 e. The number of thioether (sulfide) groups is 1. The number of likely N-dealkylation sites (N-methyl/N-ethyl adjacent to an activating group) is 1. The van der Waals surface area contributed by atoms with E-state index in [0.717, 1.165) is 5.75 Å². The summed E-state index contributed by atoms with van der Waals surface area (Å²) in [6.45, 7) is 2.74. The Morgan fingerprint density at radius 2 is 1.95 bits per heavy atom. The molecule has 0 aliphatic heterocycles. The highest BCUT2D eigenvalue weighted by Gasteiger charge is 2.14. The zero-order valence-corrected chi connectivity index (χ0v) is 13.1. The minimum absolute atomic E-state index is 0.133. The summed E-state index contributed by atoms with van der Waals surface area (Å²) in [5.41, 5.74) is 2.49. The lowest BCUT2D eigenvalue weighted by Crippen LogP contribution is -2.34. The smallest absolute Gasteiger partial charge is 0.220 e. The maximum Gasteiger partial charge on any atom is 0.220 e. The molecule has 1 rings (SSSR count). The Bertz CT molecular complexity index is 390. The number of carbonyl (C=O) groups is 1. The summed E-state index contributed by atoms with van der Waals surface area (Å²) in [7, 11) is 4.08. The molecule has 0 saturated carbocycles. The average molecular weight is 280 g/mol. The zero-order chi connectivity index (χ0) is 14.3. The zero-order valence-electron chi connectivity index (χ0n) is 12.3. The van der Waals surface area contributed by atoms with Crippen LogP contribution < -0.4 is 5.32 Å². The average Bonchev–Trinajstić information content (AvgIpc) is 2.38. The van der Waals surface area contributed by atoms with Gasteiger partial charge in [-0.3, -0.25) is 4.79 Å². The van der Waals surface area contributed by atoms with Crippen LogP contribution in [-0.4, -0.2) is 43.5 Å². The summed E-state index contributed by atoms with van der Waals surface area (Å²) in [6.07, 6.45) is 2.61. The van der Waals surface area contributed by atoms with Gasteiger partial charge in [0.1, 0.15) is 0 Å². The first kappa shape index (κ1) is 16.1. The molecule has 0 aromatic heterocycles. The maximum atomic E-state index is 11.7. The second kappa shape index (κ2) is 8.23. The molecule has 0 radical (unpaired) electrons. The topological polar surface area (TPSA) is 32.3 Å². The molecule has 0 heterocycles. The first-order chi connectivity index (χ1) is 9.04. The van der Waals surface area contributed by atoms with Crippen molar-refractivity contribution in [1.29, 1.82) is 0 Å². The van der Waals surface area contributed by atoms with Gasteiger partial charge in [0.05, 0.1) is 6.04 Å². The van der Waals surface area contributed by atoms with E-state index in [1.54, 1.807) is 11.8 Å². The lowest BCUT2D eigenvalue weighted by molar-refractivity contribution is -0.120. The molecule has 106 valence electrons. The van der Waals surface area contributed by atoms with Crippen LogP contribution in [0, 0.1) is 6.92 Å². The number of carbonyl (C=O) groups excluding carboxylic acids is 1. The Balaban J connectivity index is 2.58. The molecule has 0 saturated heterocycles. The van der Waals surface area contributed by atoms with E-state index >= 15 is 0 Å². The fraction of sp³-hybridized carbons (Fsp3) is 0.533. The van der Waals surface area contributed by atoms with Crippen molar-refractivity contribution in [2.75, 3.05) is 32.6 Å². The van der Waals surface area contributed by atoms with Crippen molar-refractivity contribution in [3.05, 3.63) is 35.4 Å². The van der Waals surface area contributed by atoms with Crippen LogP contribution in [0.15, 0.2) is 24.3 Å². The van der Waals surface area contributed by atoms with Crippen LogP contribution in [0.1, 0.15) is 23.6 Å². The molecule has 0 fully saturated rings. The molecule has 1 N–H and O–H groups in total. The molecular weight excluding hydrogens is 256 g/mol. The van der Waals surface area contributed by atoms with Crippen molar-refractivity contribution in [2.45, 2.75) is 19.4 Å². The molecular formula is C15H24N2OS.